The average molecular weight is 501 g/mol. The van der Waals surface area contributed by atoms with E-state index in [4.69, 9.17) is 4.74 Å². The van der Waals surface area contributed by atoms with Crippen molar-refractivity contribution in [2.24, 2.45) is 10.3 Å². The van der Waals surface area contributed by atoms with Gasteiger partial charge in [-0.3, -0.25) is 14.3 Å². The predicted octanol–water partition coefficient (Wildman–Crippen LogP) is 1.54. The Hall–Kier alpha value is -2.67. The number of fused-ring (bicyclic) bond motifs is 1. The zero-order valence-corrected chi connectivity index (χ0v) is 20.3. The monoisotopic (exact) mass is 500 g/mol. The second-order valence-electron chi connectivity index (χ2n) is 7.94. The summed E-state index contributed by atoms with van der Waals surface area (Å²) in [4.78, 5) is 26.8. The lowest BCUT2D eigenvalue weighted by molar-refractivity contribution is -0.151. The number of nitrogens with one attached hydrogen (secondary N) is 2. The van der Waals surface area contributed by atoms with Crippen LogP contribution >= 0.6 is 0 Å². The van der Waals surface area contributed by atoms with Crippen molar-refractivity contribution in [1.29, 1.82) is 0 Å². The molecule has 0 spiro atoms. The summed E-state index contributed by atoms with van der Waals surface area (Å²) in [5.74, 6) is -1.12. The highest BCUT2D eigenvalue weighted by Gasteiger charge is 2.39. The molecule has 1 aliphatic carbocycles. The van der Waals surface area contributed by atoms with E-state index in [-0.39, 0.29) is 53.1 Å². The van der Waals surface area contributed by atoms with Crippen molar-refractivity contribution in [2.75, 3.05) is 29.4 Å². The lowest BCUT2D eigenvalue weighted by Gasteiger charge is -2.32. The highest BCUT2D eigenvalue weighted by atomic mass is 32.2. The van der Waals surface area contributed by atoms with Gasteiger partial charge in [0.05, 0.1) is 30.9 Å². The summed E-state index contributed by atoms with van der Waals surface area (Å²) in [7, 11) is -7.74. The van der Waals surface area contributed by atoms with Gasteiger partial charge in [-0.2, -0.15) is 8.42 Å². The molecule has 2 atom stereocenters. The number of benzene rings is 1. The standard InChI is InChI=1S/C20H28N4O7S2/c1-4-24(16-8-6-7-14(16)20(26)31-5-2)19(25)12-18-21-15-10-9-13(22-32(3,27)28)11-17(15)33(29,30)23-18/h9-11,14,16,22H,4-8,12H2,1-3H3,(H,21,23). The van der Waals surface area contributed by atoms with E-state index in [0.717, 1.165) is 12.7 Å². The number of anilines is 2. The molecule has 11 nitrogen and oxygen atoms in total. The summed E-state index contributed by atoms with van der Waals surface area (Å²) in [6.45, 7) is 4.16. The van der Waals surface area contributed by atoms with Crippen LogP contribution in [0.25, 0.3) is 0 Å². The van der Waals surface area contributed by atoms with Crippen LogP contribution in [0.15, 0.2) is 27.5 Å². The highest BCUT2D eigenvalue weighted by molar-refractivity contribution is 7.92. The molecule has 0 saturated heterocycles. The van der Waals surface area contributed by atoms with Crippen LogP contribution in [0.5, 0.6) is 0 Å². The molecule has 1 aliphatic heterocycles. The van der Waals surface area contributed by atoms with E-state index in [2.05, 4.69) is 14.4 Å². The maximum Gasteiger partial charge on any atom is 0.311 e. The summed E-state index contributed by atoms with van der Waals surface area (Å²) >= 11 is 0. The molecule has 13 heteroatoms. The van der Waals surface area contributed by atoms with E-state index in [1.165, 1.54) is 18.2 Å². The van der Waals surface area contributed by atoms with Crippen LogP contribution in [0.3, 0.4) is 0 Å². The predicted molar refractivity (Wildman–Crippen MR) is 123 cm³/mol. The molecular formula is C20H28N4O7S2. The van der Waals surface area contributed by atoms with Crippen molar-refractivity contribution in [3.05, 3.63) is 18.2 Å². The number of hydrogen-bond acceptors (Lipinski definition) is 8. The van der Waals surface area contributed by atoms with Gasteiger partial charge in [-0.25, -0.2) is 8.42 Å². The molecule has 1 heterocycles. The van der Waals surface area contributed by atoms with E-state index in [0.29, 0.717) is 19.4 Å². The Morgan fingerprint density at radius 3 is 2.64 bits per heavy atom. The average Bonchev–Trinajstić information content (AvgIpc) is 3.17. The number of ether oxygens (including phenoxy) is 1. The van der Waals surface area contributed by atoms with Gasteiger partial charge in [0.1, 0.15) is 10.7 Å². The lowest BCUT2D eigenvalue weighted by Crippen LogP contribution is -2.45. The molecule has 2 N–H and O–H groups in total. The minimum atomic E-state index is -4.15. The number of sulfonamides is 2. The van der Waals surface area contributed by atoms with Crippen molar-refractivity contribution in [2.45, 2.75) is 50.5 Å². The van der Waals surface area contributed by atoms with Crippen LogP contribution in [0.1, 0.15) is 39.5 Å². The van der Waals surface area contributed by atoms with Crippen LogP contribution in [-0.4, -0.2) is 64.9 Å². The van der Waals surface area contributed by atoms with Crippen LogP contribution in [0, 0.1) is 5.92 Å². The van der Waals surface area contributed by atoms with Crippen molar-refractivity contribution in [3.8, 4) is 0 Å². The number of carbonyl (C=O) groups is 2. The van der Waals surface area contributed by atoms with Crippen LogP contribution in [0.4, 0.5) is 11.4 Å². The van der Waals surface area contributed by atoms with Crippen molar-refractivity contribution >= 4 is 49.1 Å². The molecule has 1 aromatic rings. The Morgan fingerprint density at radius 1 is 1.27 bits per heavy atom. The van der Waals surface area contributed by atoms with Gasteiger partial charge in [-0.05, 0) is 44.9 Å². The number of nitrogens with zero attached hydrogens (tertiary/aromatic N) is 2. The first-order valence-electron chi connectivity index (χ1n) is 10.6. The summed E-state index contributed by atoms with van der Waals surface area (Å²) in [5.41, 5.74) is 0.278. The van der Waals surface area contributed by atoms with Gasteiger partial charge in [-0.1, -0.05) is 6.42 Å². The van der Waals surface area contributed by atoms with Gasteiger partial charge in [-0.15, -0.1) is 4.40 Å². The first-order chi connectivity index (χ1) is 15.4. The van der Waals surface area contributed by atoms with E-state index >= 15 is 0 Å². The van der Waals surface area contributed by atoms with Gasteiger partial charge < -0.3 is 15.0 Å². The fourth-order valence-electron chi connectivity index (χ4n) is 4.24. The second-order valence-corrected chi connectivity index (χ2v) is 11.3. The van der Waals surface area contributed by atoms with Crippen molar-refractivity contribution in [3.63, 3.8) is 0 Å². The third-order valence-electron chi connectivity index (χ3n) is 5.52. The topological polar surface area (TPSA) is 151 Å². The van der Waals surface area contributed by atoms with Gasteiger partial charge >= 0.3 is 5.97 Å². The third kappa shape index (κ3) is 5.82. The maximum atomic E-state index is 13.1. The Labute approximate surface area is 193 Å². The zero-order valence-electron chi connectivity index (χ0n) is 18.7. The summed E-state index contributed by atoms with van der Waals surface area (Å²) in [6.07, 6.45) is 2.76. The zero-order chi connectivity index (χ0) is 24.4. The van der Waals surface area contributed by atoms with Gasteiger partial charge in [0, 0.05) is 18.3 Å². The molecule has 1 aromatic carbocycles. The van der Waals surface area contributed by atoms with Crippen LogP contribution < -0.4 is 10.0 Å². The van der Waals surface area contributed by atoms with Crippen LogP contribution in [-0.2, 0) is 34.4 Å². The van der Waals surface area contributed by atoms with Crippen molar-refractivity contribution in [1.82, 2.24) is 4.90 Å². The number of esters is 1. The quantitative estimate of drug-likeness (QED) is 0.510. The minimum Gasteiger partial charge on any atom is -0.466 e. The number of rotatable bonds is 8. The molecule has 3 rings (SSSR count). The molecule has 182 valence electrons. The molecule has 2 aliphatic rings. The molecule has 0 aromatic heterocycles. The SMILES string of the molecule is CCOC(=O)C1CCCC1N(CC)C(=O)CC1=NS(=O)(=O)c2cc(NS(C)(=O)=O)ccc2N1. The Balaban J connectivity index is 1.79. The molecule has 1 amide bonds. The molecule has 0 radical (unpaired) electrons. The fourth-order valence-corrected chi connectivity index (χ4v) is 5.97. The minimum absolute atomic E-state index is 0.0412. The number of carbonyl (C=O) groups excluding carboxylic acids is 2. The van der Waals surface area contributed by atoms with E-state index in [1.807, 2.05) is 0 Å². The molecule has 0 bridgehead atoms. The Morgan fingerprint density at radius 2 is 2.00 bits per heavy atom. The van der Waals surface area contributed by atoms with Crippen molar-refractivity contribution < 1.29 is 31.2 Å². The first-order valence-corrected chi connectivity index (χ1v) is 14.0. The molecular weight excluding hydrogens is 472 g/mol. The van der Waals surface area contributed by atoms with Crippen LogP contribution in [0.2, 0.25) is 0 Å². The molecule has 2 unspecified atom stereocenters. The summed E-state index contributed by atoms with van der Waals surface area (Å²) in [6, 6.07) is 3.68. The lowest BCUT2D eigenvalue weighted by atomic mass is 10.0. The van der Waals surface area contributed by atoms with E-state index < -0.39 is 26.0 Å². The molecule has 33 heavy (non-hydrogen) atoms. The van der Waals surface area contributed by atoms with E-state index in [1.54, 1.807) is 18.7 Å². The Bertz CT molecular complexity index is 1180. The normalized spacial score (nSPS) is 21.4. The number of amidine groups is 1. The first kappa shape index (κ1) is 25.0. The van der Waals surface area contributed by atoms with E-state index in [9.17, 15) is 26.4 Å². The fraction of sp³-hybridized carbons (Fsp3) is 0.550. The highest BCUT2D eigenvalue weighted by Crippen LogP contribution is 2.33. The smallest absolute Gasteiger partial charge is 0.311 e. The third-order valence-corrected chi connectivity index (χ3v) is 7.48. The number of hydrogen-bond donors (Lipinski definition) is 2. The Kier molecular flexibility index (Phi) is 7.32. The van der Waals surface area contributed by atoms with Gasteiger partial charge in [0.25, 0.3) is 10.0 Å². The molecule has 1 fully saturated rings. The van der Waals surface area contributed by atoms with Gasteiger partial charge in [0.15, 0.2) is 0 Å². The largest absolute Gasteiger partial charge is 0.466 e. The maximum absolute atomic E-state index is 13.1. The van der Waals surface area contributed by atoms with Gasteiger partial charge in [0.2, 0.25) is 15.9 Å². The number of amides is 1. The molecule has 1 saturated carbocycles. The second kappa shape index (κ2) is 9.67. The summed E-state index contributed by atoms with van der Waals surface area (Å²) < 4.78 is 59.4. The summed E-state index contributed by atoms with van der Waals surface area (Å²) in [5, 5.41) is 2.85.